The summed E-state index contributed by atoms with van der Waals surface area (Å²) in [5.41, 5.74) is 1.31. The summed E-state index contributed by atoms with van der Waals surface area (Å²) in [7, 11) is 0. The molecule has 1 aliphatic heterocycles. The number of rotatable bonds is 8. The number of benzene rings is 3. The highest BCUT2D eigenvalue weighted by atomic mass is 32.2. The van der Waals surface area contributed by atoms with Crippen LogP contribution in [0.2, 0.25) is 0 Å². The molecule has 168 valence electrons. The lowest BCUT2D eigenvalue weighted by Gasteiger charge is -2.14. The fourth-order valence-electron chi connectivity index (χ4n) is 3.50. The lowest BCUT2D eigenvalue weighted by atomic mass is 10.1. The van der Waals surface area contributed by atoms with E-state index in [-0.39, 0.29) is 22.4 Å². The Labute approximate surface area is 194 Å². The molecule has 0 spiro atoms. The predicted octanol–water partition coefficient (Wildman–Crippen LogP) is 4.94. The summed E-state index contributed by atoms with van der Waals surface area (Å²) in [6.45, 7) is 1.75. The van der Waals surface area contributed by atoms with Crippen LogP contribution in [-0.2, 0) is 16.1 Å². The van der Waals surface area contributed by atoms with Crippen LogP contribution in [0, 0.1) is 0 Å². The highest BCUT2D eigenvalue weighted by molar-refractivity contribution is 8.18. The van der Waals surface area contributed by atoms with Gasteiger partial charge in [-0.05, 0) is 53.2 Å². The maximum Gasteiger partial charge on any atom is 0.341 e. The third-order valence-electron chi connectivity index (χ3n) is 4.96. The second-order valence-corrected chi connectivity index (χ2v) is 8.23. The van der Waals surface area contributed by atoms with Crippen LogP contribution in [-0.4, -0.2) is 40.3 Å². The Bertz CT molecular complexity index is 1270. The normalized spacial score (nSPS) is 14.8. The van der Waals surface area contributed by atoms with Gasteiger partial charge in [-0.15, -0.1) is 0 Å². The van der Waals surface area contributed by atoms with Gasteiger partial charge in [0.25, 0.3) is 11.1 Å². The van der Waals surface area contributed by atoms with Crippen molar-refractivity contribution in [1.82, 2.24) is 4.90 Å². The van der Waals surface area contributed by atoms with Gasteiger partial charge >= 0.3 is 5.97 Å². The molecule has 2 amide bonds. The number of carboxylic acid groups (broad SMARTS) is 1. The van der Waals surface area contributed by atoms with Gasteiger partial charge in [-0.25, -0.2) is 4.79 Å². The van der Waals surface area contributed by atoms with Crippen LogP contribution < -0.4 is 9.47 Å². The summed E-state index contributed by atoms with van der Waals surface area (Å²) in [5, 5.41) is 10.7. The van der Waals surface area contributed by atoms with Crippen LogP contribution in [0.15, 0.2) is 65.6 Å². The summed E-state index contributed by atoms with van der Waals surface area (Å²) in [6, 6.07) is 18.8. The van der Waals surface area contributed by atoms with E-state index in [1.807, 2.05) is 42.5 Å². The maximum atomic E-state index is 13.0. The standard InChI is InChI=1S/C25H21NO6S/c1-2-31-20-9-5-8-19(23(20)32-15-22(27)28)13-21-24(29)26(25(30)33-21)14-16-10-11-17-6-3-4-7-18(17)12-16/h3-13H,2,14-15H2,1H3,(H,27,28)/b21-13-. The lowest BCUT2D eigenvalue weighted by Crippen LogP contribution is -2.27. The van der Waals surface area contributed by atoms with Crippen LogP contribution in [0.25, 0.3) is 16.8 Å². The van der Waals surface area contributed by atoms with E-state index in [1.165, 1.54) is 11.0 Å². The zero-order chi connectivity index (χ0) is 23.4. The van der Waals surface area contributed by atoms with Gasteiger partial charge in [0.2, 0.25) is 0 Å². The Hall–Kier alpha value is -3.78. The van der Waals surface area contributed by atoms with Gasteiger partial charge in [0.1, 0.15) is 0 Å². The van der Waals surface area contributed by atoms with Gasteiger partial charge < -0.3 is 14.6 Å². The number of imide groups is 1. The van der Waals surface area contributed by atoms with Crippen molar-refractivity contribution in [3.8, 4) is 11.5 Å². The summed E-state index contributed by atoms with van der Waals surface area (Å²) >= 11 is 0.838. The van der Waals surface area contributed by atoms with Crippen molar-refractivity contribution in [1.29, 1.82) is 0 Å². The first-order valence-electron chi connectivity index (χ1n) is 10.3. The predicted molar refractivity (Wildman–Crippen MR) is 126 cm³/mol. The van der Waals surface area contributed by atoms with Crippen molar-refractivity contribution < 1.29 is 29.0 Å². The van der Waals surface area contributed by atoms with Gasteiger partial charge in [-0.2, -0.15) is 0 Å². The van der Waals surface area contributed by atoms with Crippen LogP contribution in [0.3, 0.4) is 0 Å². The van der Waals surface area contributed by atoms with E-state index in [2.05, 4.69) is 0 Å². The highest BCUT2D eigenvalue weighted by Gasteiger charge is 2.35. The minimum absolute atomic E-state index is 0.161. The smallest absolute Gasteiger partial charge is 0.341 e. The van der Waals surface area contributed by atoms with Crippen molar-refractivity contribution in [2.45, 2.75) is 13.5 Å². The molecule has 7 nitrogen and oxygen atoms in total. The van der Waals surface area contributed by atoms with Crippen LogP contribution >= 0.6 is 11.8 Å². The molecule has 0 saturated carbocycles. The average molecular weight is 464 g/mol. The Morgan fingerprint density at radius 1 is 1.03 bits per heavy atom. The summed E-state index contributed by atoms with van der Waals surface area (Å²) in [4.78, 5) is 38.1. The topological polar surface area (TPSA) is 93.1 Å². The number of thioether (sulfide) groups is 1. The van der Waals surface area contributed by atoms with E-state index in [1.54, 1.807) is 25.1 Å². The highest BCUT2D eigenvalue weighted by Crippen LogP contribution is 2.38. The van der Waals surface area contributed by atoms with Gasteiger partial charge in [0, 0.05) is 5.56 Å². The molecule has 0 bridgehead atoms. The molecular weight excluding hydrogens is 442 g/mol. The molecule has 0 radical (unpaired) electrons. The molecule has 0 unspecified atom stereocenters. The fourth-order valence-corrected chi connectivity index (χ4v) is 4.33. The van der Waals surface area contributed by atoms with Crippen molar-refractivity contribution in [2.24, 2.45) is 0 Å². The van der Waals surface area contributed by atoms with Crippen molar-refractivity contribution in [2.75, 3.05) is 13.2 Å². The van der Waals surface area contributed by atoms with Gasteiger partial charge in [0.15, 0.2) is 18.1 Å². The fraction of sp³-hybridized carbons (Fsp3) is 0.160. The number of carbonyl (C=O) groups is 3. The Morgan fingerprint density at radius 2 is 1.82 bits per heavy atom. The van der Waals surface area contributed by atoms with Gasteiger partial charge in [-0.3, -0.25) is 14.5 Å². The summed E-state index contributed by atoms with van der Waals surface area (Å²) in [6.07, 6.45) is 1.53. The molecular formula is C25H21NO6S. The molecule has 1 saturated heterocycles. The van der Waals surface area contributed by atoms with Crippen LogP contribution in [0.1, 0.15) is 18.1 Å². The zero-order valence-corrected chi connectivity index (χ0v) is 18.6. The third-order valence-corrected chi connectivity index (χ3v) is 5.87. The minimum atomic E-state index is -1.14. The molecule has 3 aromatic rings. The number of amides is 2. The van der Waals surface area contributed by atoms with Crippen LogP contribution in [0.5, 0.6) is 11.5 Å². The third kappa shape index (κ3) is 5.01. The second-order valence-electron chi connectivity index (χ2n) is 7.24. The molecule has 0 aliphatic carbocycles. The average Bonchev–Trinajstić information content (AvgIpc) is 3.06. The van der Waals surface area contributed by atoms with Crippen LogP contribution in [0.4, 0.5) is 4.79 Å². The van der Waals surface area contributed by atoms with Crippen molar-refractivity contribution in [3.05, 3.63) is 76.7 Å². The first-order chi connectivity index (χ1) is 16.0. The quantitative estimate of drug-likeness (QED) is 0.473. The Kier molecular flexibility index (Phi) is 6.65. The van der Waals surface area contributed by atoms with Gasteiger partial charge in [0.05, 0.1) is 18.1 Å². The number of fused-ring (bicyclic) bond motifs is 1. The molecule has 0 atom stereocenters. The number of aliphatic carboxylic acids is 1. The van der Waals surface area contributed by atoms with E-state index in [0.717, 1.165) is 28.1 Å². The Balaban J connectivity index is 1.60. The van der Waals surface area contributed by atoms with E-state index in [9.17, 15) is 14.4 Å². The minimum Gasteiger partial charge on any atom is -0.490 e. The molecule has 33 heavy (non-hydrogen) atoms. The second kappa shape index (κ2) is 9.79. The maximum absolute atomic E-state index is 13.0. The SMILES string of the molecule is CCOc1cccc(/C=C2\SC(=O)N(Cc3ccc4ccccc4c3)C2=O)c1OCC(=O)O. The van der Waals surface area contributed by atoms with E-state index >= 15 is 0 Å². The molecule has 1 fully saturated rings. The van der Waals surface area contributed by atoms with E-state index < -0.39 is 18.5 Å². The molecule has 1 N–H and O–H groups in total. The number of hydrogen-bond donors (Lipinski definition) is 1. The Morgan fingerprint density at radius 3 is 2.58 bits per heavy atom. The molecule has 8 heteroatoms. The number of hydrogen-bond acceptors (Lipinski definition) is 6. The number of carboxylic acids is 1. The molecule has 1 heterocycles. The first-order valence-corrected chi connectivity index (χ1v) is 11.1. The molecule has 0 aromatic heterocycles. The summed E-state index contributed by atoms with van der Waals surface area (Å²) in [5.74, 6) is -0.974. The summed E-state index contributed by atoms with van der Waals surface area (Å²) < 4.78 is 11.0. The number of carbonyl (C=O) groups excluding carboxylic acids is 2. The van der Waals surface area contributed by atoms with E-state index in [0.29, 0.717) is 17.9 Å². The number of nitrogens with zero attached hydrogens (tertiary/aromatic N) is 1. The zero-order valence-electron chi connectivity index (χ0n) is 17.8. The molecule has 1 aliphatic rings. The number of para-hydroxylation sites is 1. The monoisotopic (exact) mass is 463 g/mol. The first kappa shape index (κ1) is 22.4. The van der Waals surface area contributed by atoms with Gasteiger partial charge in [-0.1, -0.05) is 48.5 Å². The molecule has 3 aromatic carbocycles. The van der Waals surface area contributed by atoms with Crippen molar-refractivity contribution >= 4 is 45.7 Å². The number of ether oxygens (including phenoxy) is 2. The lowest BCUT2D eigenvalue weighted by molar-refractivity contribution is -0.139. The van der Waals surface area contributed by atoms with E-state index in [4.69, 9.17) is 14.6 Å². The largest absolute Gasteiger partial charge is 0.490 e. The molecule has 4 rings (SSSR count). The van der Waals surface area contributed by atoms with Crippen molar-refractivity contribution in [3.63, 3.8) is 0 Å².